The Morgan fingerprint density at radius 2 is 1.76 bits per heavy atom. The molecule has 1 heterocycles. The van der Waals surface area contributed by atoms with Gasteiger partial charge in [-0.3, -0.25) is 0 Å². The Morgan fingerprint density at radius 1 is 1.05 bits per heavy atom. The largest absolute Gasteiger partial charge is 0.309 e. The van der Waals surface area contributed by atoms with Crippen molar-refractivity contribution >= 4 is 21.6 Å². The van der Waals surface area contributed by atoms with Gasteiger partial charge in [0.1, 0.15) is 0 Å². The number of rotatable bonds is 4. The maximum atomic E-state index is 12.3. The third-order valence-corrected chi connectivity index (χ3v) is 5.15. The van der Waals surface area contributed by atoms with E-state index in [0.29, 0.717) is 9.92 Å². The first-order chi connectivity index (χ1) is 10.0. The topological polar surface area (TPSA) is 58.2 Å². The first kappa shape index (κ1) is 14.5. The molecule has 3 rings (SSSR count). The second kappa shape index (κ2) is 5.77. The molecule has 0 amide bonds. The van der Waals surface area contributed by atoms with Crippen molar-refractivity contribution < 1.29 is 8.42 Å². The zero-order valence-corrected chi connectivity index (χ0v) is 12.8. The molecule has 0 bridgehead atoms. The van der Waals surface area contributed by atoms with Crippen LogP contribution >= 0.6 is 11.6 Å². The number of hydrogen-bond donors (Lipinski definition) is 2. The summed E-state index contributed by atoms with van der Waals surface area (Å²) in [5.41, 5.74) is 3.07. The van der Waals surface area contributed by atoms with E-state index in [0.717, 1.165) is 29.8 Å². The second-order valence-corrected chi connectivity index (χ2v) is 7.19. The molecule has 0 aromatic heterocycles. The van der Waals surface area contributed by atoms with E-state index in [1.165, 1.54) is 0 Å². The molecule has 0 atom stereocenters. The van der Waals surface area contributed by atoms with Crippen LogP contribution in [-0.2, 0) is 29.7 Å². The van der Waals surface area contributed by atoms with Crippen molar-refractivity contribution in [1.29, 1.82) is 0 Å². The van der Waals surface area contributed by atoms with E-state index in [9.17, 15) is 8.42 Å². The summed E-state index contributed by atoms with van der Waals surface area (Å²) in [7, 11) is -3.50. The molecular formula is C15H15ClN2O2S. The fourth-order valence-corrected chi connectivity index (χ4v) is 3.50. The van der Waals surface area contributed by atoms with Crippen molar-refractivity contribution in [3.63, 3.8) is 0 Å². The SMILES string of the molecule is O=S(=O)(NCc1ccc(Cl)cc1)c1ccc2c(c1)CNC2. The van der Waals surface area contributed by atoms with E-state index in [-0.39, 0.29) is 6.54 Å². The van der Waals surface area contributed by atoms with E-state index in [4.69, 9.17) is 11.6 Å². The van der Waals surface area contributed by atoms with Gasteiger partial charge in [-0.15, -0.1) is 0 Å². The van der Waals surface area contributed by atoms with Gasteiger partial charge in [-0.05, 0) is 41.0 Å². The van der Waals surface area contributed by atoms with E-state index >= 15 is 0 Å². The molecule has 1 aliphatic heterocycles. The Kier molecular flexibility index (Phi) is 3.99. The zero-order valence-electron chi connectivity index (χ0n) is 11.3. The Labute approximate surface area is 129 Å². The lowest BCUT2D eigenvalue weighted by atomic mass is 10.1. The number of halogens is 1. The predicted molar refractivity (Wildman–Crippen MR) is 82.5 cm³/mol. The minimum atomic E-state index is -3.50. The lowest BCUT2D eigenvalue weighted by Gasteiger charge is -2.08. The van der Waals surface area contributed by atoms with Crippen LogP contribution in [0.2, 0.25) is 5.02 Å². The molecule has 0 saturated carbocycles. The maximum Gasteiger partial charge on any atom is 0.240 e. The van der Waals surface area contributed by atoms with Crippen LogP contribution in [0, 0.1) is 0 Å². The molecule has 6 heteroatoms. The second-order valence-electron chi connectivity index (χ2n) is 4.99. The summed E-state index contributed by atoms with van der Waals surface area (Å²) in [6, 6.07) is 12.3. The van der Waals surface area contributed by atoms with Crippen molar-refractivity contribution in [1.82, 2.24) is 10.0 Å². The summed E-state index contributed by atoms with van der Waals surface area (Å²) in [6.07, 6.45) is 0. The molecule has 21 heavy (non-hydrogen) atoms. The average molecular weight is 323 g/mol. The highest BCUT2D eigenvalue weighted by Crippen LogP contribution is 2.20. The number of sulfonamides is 1. The normalized spacial score (nSPS) is 14.1. The third-order valence-electron chi connectivity index (χ3n) is 3.50. The first-order valence-corrected chi connectivity index (χ1v) is 8.47. The van der Waals surface area contributed by atoms with Gasteiger partial charge in [0, 0.05) is 24.7 Å². The van der Waals surface area contributed by atoms with Gasteiger partial charge in [0.2, 0.25) is 10.0 Å². The van der Waals surface area contributed by atoms with Gasteiger partial charge in [-0.2, -0.15) is 0 Å². The van der Waals surface area contributed by atoms with Gasteiger partial charge in [-0.25, -0.2) is 13.1 Å². The van der Waals surface area contributed by atoms with E-state index < -0.39 is 10.0 Å². The highest BCUT2D eigenvalue weighted by atomic mass is 35.5. The van der Waals surface area contributed by atoms with Gasteiger partial charge >= 0.3 is 0 Å². The van der Waals surface area contributed by atoms with E-state index in [2.05, 4.69) is 10.0 Å². The molecule has 110 valence electrons. The number of benzene rings is 2. The number of hydrogen-bond acceptors (Lipinski definition) is 3. The lowest BCUT2D eigenvalue weighted by molar-refractivity contribution is 0.581. The molecule has 0 aliphatic carbocycles. The van der Waals surface area contributed by atoms with Crippen LogP contribution in [0.3, 0.4) is 0 Å². The zero-order chi connectivity index (χ0) is 14.9. The molecule has 0 spiro atoms. The molecular weight excluding hydrogens is 308 g/mol. The standard InChI is InChI=1S/C15H15ClN2O2S/c16-14-4-1-11(2-5-14)8-18-21(19,20)15-6-3-12-9-17-10-13(12)7-15/h1-7,17-18H,8-10H2. The molecule has 2 N–H and O–H groups in total. The van der Waals surface area contributed by atoms with E-state index in [1.807, 2.05) is 6.07 Å². The number of fused-ring (bicyclic) bond motifs is 1. The quantitative estimate of drug-likeness (QED) is 0.909. The van der Waals surface area contributed by atoms with Crippen LogP contribution in [0.1, 0.15) is 16.7 Å². The van der Waals surface area contributed by atoms with Crippen molar-refractivity contribution in [2.24, 2.45) is 0 Å². The van der Waals surface area contributed by atoms with Gasteiger partial charge in [0.15, 0.2) is 0 Å². The molecule has 0 fully saturated rings. The van der Waals surface area contributed by atoms with Crippen LogP contribution in [0.25, 0.3) is 0 Å². The third kappa shape index (κ3) is 3.27. The highest BCUT2D eigenvalue weighted by Gasteiger charge is 2.17. The minimum Gasteiger partial charge on any atom is -0.309 e. The summed E-state index contributed by atoms with van der Waals surface area (Å²) in [4.78, 5) is 0.305. The van der Waals surface area contributed by atoms with Crippen LogP contribution in [-0.4, -0.2) is 8.42 Å². The smallest absolute Gasteiger partial charge is 0.240 e. The molecule has 2 aromatic rings. The fraction of sp³-hybridized carbons (Fsp3) is 0.200. The molecule has 4 nitrogen and oxygen atoms in total. The van der Waals surface area contributed by atoms with Gasteiger partial charge in [0.25, 0.3) is 0 Å². The molecule has 2 aromatic carbocycles. The van der Waals surface area contributed by atoms with Crippen LogP contribution in [0.15, 0.2) is 47.4 Å². The summed E-state index contributed by atoms with van der Waals surface area (Å²) in [5, 5.41) is 3.83. The van der Waals surface area contributed by atoms with Crippen molar-refractivity contribution in [3.8, 4) is 0 Å². The number of nitrogens with one attached hydrogen (secondary N) is 2. The Hall–Kier alpha value is -1.40. The highest BCUT2D eigenvalue weighted by molar-refractivity contribution is 7.89. The van der Waals surface area contributed by atoms with Crippen LogP contribution < -0.4 is 10.0 Å². The van der Waals surface area contributed by atoms with Crippen molar-refractivity contribution in [2.75, 3.05) is 0 Å². The minimum absolute atomic E-state index is 0.245. The Balaban J connectivity index is 1.76. The average Bonchev–Trinajstić information content (AvgIpc) is 2.94. The monoisotopic (exact) mass is 322 g/mol. The van der Waals surface area contributed by atoms with Crippen molar-refractivity contribution in [3.05, 3.63) is 64.2 Å². The maximum absolute atomic E-state index is 12.3. The van der Waals surface area contributed by atoms with Gasteiger partial charge < -0.3 is 5.32 Å². The summed E-state index contributed by atoms with van der Waals surface area (Å²) in [6.45, 7) is 1.76. The summed E-state index contributed by atoms with van der Waals surface area (Å²) >= 11 is 5.81. The van der Waals surface area contributed by atoms with Crippen LogP contribution in [0.4, 0.5) is 0 Å². The molecule has 0 saturated heterocycles. The van der Waals surface area contributed by atoms with Crippen LogP contribution in [0.5, 0.6) is 0 Å². The predicted octanol–water partition coefficient (Wildman–Crippen LogP) is 2.42. The Morgan fingerprint density at radius 3 is 2.52 bits per heavy atom. The van der Waals surface area contributed by atoms with Gasteiger partial charge in [-0.1, -0.05) is 29.8 Å². The van der Waals surface area contributed by atoms with E-state index in [1.54, 1.807) is 36.4 Å². The fourth-order valence-electron chi connectivity index (χ4n) is 2.30. The Bertz CT molecular complexity index is 758. The molecule has 0 unspecified atom stereocenters. The first-order valence-electron chi connectivity index (χ1n) is 6.61. The molecule has 0 radical (unpaired) electrons. The summed E-state index contributed by atoms with van der Waals surface area (Å²) in [5.74, 6) is 0. The van der Waals surface area contributed by atoms with Crippen molar-refractivity contribution in [2.45, 2.75) is 24.5 Å². The summed E-state index contributed by atoms with van der Waals surface area (Å²) < 4.78 is 27.2. The van der Waals surface area contributed by atoms with Gasteiger partial charge in [0.05, 0.1) is 4.90 Å². The molecule has 1 aliphatic rings. The lowest BCUT2D eigenvalue weighted by Crippen LogP contribution is -2.23.